The Morgan fingerprint density at radius 3 is 2.62 bits per heavy atom. The topological polar surface area (TPSA) is 18.5 Å². The van der Waals surface area contributed by atoms with Gasteiger partial charge in [-0.2, -0.15) is 0 Å². The zero-order valence-electron chi connectivity index (χ0n) is 8.45. The largest absolute Gasteiger partial charge is 0.350 e. The molecule has 0 aromatic heterocycles. The average Bonchev–Trinajstić information content (AvgIpc) is 2.56. The predicted octanol–water partition coefficient (Wildman–Crippen LogP) is 2.35. The van der Waals surface area contributed by atoms with E-state index in [0.29, 0.717) is 11.8 Å². The van der Waals surface area contributed by atoms with E-state index in [4.69, 9.17) is 9.47 Å². The number of ether oxygens (including phenoxy) is 2. The van der Waals surface area contributed by atoms with Gasteiger partial charge in [-0.15, -0.1) is 0 Å². The molecule has 13 heavy (non-hydrogen) atoms. The normalized spacial score (nSPS) is 36.3. The lowest BCUT2D eigenvalue weighted by Gasteiger charge is -2.30. The smallest absolute Gasteiger partial charge is 0.161 e. The zero-order valence-corrected chi connectivity index (χ0v) is 8.45. The second kappa shape index (κ2) is 3.81. The summed E-state index contributed by atoms with van der Waals surface area (Å²) < 4.78 is 11.1. The minimum Gasteiger partial charge on any atom is -0.350 e. The molecule has 2 atom stereocenters. The van der Waals surface area contributed by atoms with Crippen molar-refractivity contribution in [3.05, 3.63) is 11.6 Å². The first-order chi connectivity index (χ1) is 6.27. The standard InChI is InChI=1S/C11H18O2/c1-8-3-4-10(9(2)7-8)11-12-5-6-13-11/h3,9-11H,4-7H2,1-2H3/t9-,10+/m1/s1. The molecule has 2 aliphatic rings. The lowest BCUT2D eigenvalue weighted by molar-refractivity contribution is -0.0980. The van der Waals surface area contributed by atoms with Gasteiger partial charge >= 0.3 is 0 Å². The SMILES string of the molecule is CC1=CC[C@H](C2OCCO2)[C@H](C)C1. The second-order valence-electron chi connectivity index (χ2n) is 4.24. The molecule has 0 radical (unpaired) electrons. The quantitative estimate of drug-likeness (QED) is 0.579. The number of rotatable bonds is 1. The molecule has 2 nitrogen and oxygen atoms in total. The third kappa shape index (κ3) is 1.94. The second-order valence-corrected chi connectivity index (χ2v) is 4.24. The first-order valence-electron chi connectivity index (χ1n) is 5.16. The molecule has 0 aromatic rings. The van der Waals surface area contributed by atoms with Crippen LogP contribution < -0.4 is 0 Å². The Labute approximate surface area is 79.9 Å². The van der Waals surface area contributed by atoms with Gasteiger partial charge in [0.15, 0.2) is 6.29 Å². The Morgan fingerprint density at radius 2 is 2.00 bits per heavy atom. The van der Waals surface area contributed by atoms with Gasteiger partial charge in [-0.25, -0.2) is 0 Å². The van der Waals surface area contributed by atoms with Crippen molar-refractivity contribution >= 4 is 0 Å². The lowest BCUT2D eigenvalue weighted by Crippen LogP contribution is -2.29. The molecule has 1 aliphatic carbocycles. The van der Waals surface area contributed by atoms with E-state index in [0.717, 1.165) is 19.6 Å². The molecule has 0 saturated carbocycles. The van der Waals surface area contributed by atoms with Gasteiger partial charge in [-0.05, 0) is 25.7 Å². The highest BCUT2D eigenvalue weighted by Gasteiger charge is 2.32. The van der Waals surface area contributed by atoms with E-state index in [1.807, 2.05) is 0 Å². The Balaban J connectivity index is 1.99. The predicted molar refractivity (Wildman–Crippen MR) is 51.3 cm³/mol. The van der Waals surface area contributed by atoms with Crippen molar-refractivity contribution in [3.63, 3.8) is 0 Å². The van der Waals surface area contributed by atoms with E-state index in [9.17, 15) is 0 Å². The average molecular weight is 182 g/mol. The van der Waals surface area contributed by atoms with Crippen molar-refractivity contribution in [2.45, 2.75) is 33.0 Å². The minimum absolute atomic E-state index is 0.0688. The third-order valence-electron chi connectivity index (χ3n) is 3.11. The van der Waals surface area contributed by atoms with Crippen LogP contribution in [0.2, 0.25) is 0 Å². The molecule has 0 N–H and O–H groups in total. The summed E-state index contributed by atoms with van der Waals surface area (Å²) in [5, 5.41) is 0. The fourth-order valence-electron chi connectivity index (χ4n) is 2.32. The molecule has 1 saturated heterocycles. The van der Waals surface area contributed by atoms with Crippen LogP contribution >= 0.6 is 0 Å². The van der Waals surface area contributed by atoms with Gasteiger partial charge in [0, 0.05) is 5.92 Å². The van der Waals surface area contributed by atoms with Gasteiger partial charge in [0.25, 0.3) is 0 Å². The first-order valence-corrected chi connectivity index (χ1v) is 5.16. The van der Waals surface area contributed by atoms with E-state index >= 15 is 0 Å². The van der Waals surface area contributed by atoms with Crippen LogP contribution in [-0.2, 0) is 9.47 Å². The highest BCUT2D eigenvalue weighted by atomic mass is 16.7. The van der Waals surface area contributed by atoms with Gasteiger partial charge in [0.2, 0.25) is 0 Å². The summed E-state index contributed by atoms with van der Waals surface area (Å²) in [6, 6.07) is 0. The van der Waals surface area contributed by atoms with Gasteiger partial charge in [-0.1, -0.05) is 18.6 Å². The molecule has 0 spiro atoms. The maximum Gasteiger partial charge on any atom is 0.161 e. The van der Waals surface area contributed by atoms with Crippen LogP contribution in [0.25, 0.3) is 0 Å². The van der Waals surface area contributed by atoms with E-state index in [-0.39, 0.29) is 6.29 Å². The van der Waals surface area contributed by atoms with Crippen LogP contribution in [0.4, 0.5) is 0 Å². The lowest BCUT2D eigenvalue weighted by atomic mass is 9.81. The summed E-state index contributed by atoms with van der Waals surface area (Å²) in [4.78, 5) is 0. The maximum absolute atomic E-state index is 5.55. The van der Waals surface area contributed by atoms with Crippen LogP contribution in [0.15, 0.2) is 11.6 Å². The Morgan fingerprint density at radius 1 is 1.31 bits per heavy atom. The molecule has 2 rings (SSSR count). The minimum atomic E-state index is 0.0688. The molecule has 1 fully saturated rings. The van der Waals surface area contributed by atoms with E-state index < -0.39 is 0 Å². The maximum atomic E-state index is 5.55. The van der Waals surface area contributed by atoms with Crippen LogP contribution in [0.3, 0.4) is 0 Å². The summed E-state index contributed by atoms with van der Waals surface area (Å²) in [6.07, 6.45) is 4.72. The van der Waals surface area contributed by atoms with Gasteiger partial charge in [-0.3, -0.25) is 0 Å². The van der Waals surface area contributed by atoms with Crippen LogP contribution in [-0.4, -0.2) is 19.5 Å². The van der Waals surface area contributed by atoms with Gasteiger partial charge in [0.1, 0.15) is 0 Å². The monoisotopic (exact) mass is 182 g/mol. The van der Waals surface area contributed by atoms with Crippen molar-refractivity contribution in [1.82, 2.24) is 0 Å². The number of allylic oxidation sites excluding steroid dienone is 2. The van der Waals surface area contributed by atoms with E-state index in [2.05, 4.69) is 19.9 Å². The Hall–Kier alpha value is -0.340. The molecule has 0 aromatic carbocycles. The molecular formula is C11H18O2. The third-order valence-corrected chi connectivity index (χ3v) is 3.11. The summed E-state index contributed by atoms with van der Waals surface area (Å²) in [6.45, 7) is 6.06. The summed E-state index contributed by atoms with van der Waals surface area (Å²) in [5.41, 5.74) is 1.52. The highest BCUT2D eigenvalue weighted by molar-refractivity contribution is 5.05. The van der Waals surface area contributed by atoms with Crippen LogP contribution in [0.1, 0.15) is 26.7 Å². The van der Waals surface area contributed by atoms with Crippen LogP contribution in [0.5, 0.6) is 0 Å². The molecule has 0 amide bonds. The molecular weight excluding hydrogens is 164 g/mol. The molecule has 2 heteroatoms. The molecule has 74 valence electrons. The Bertz CT molecular complexity index is 204. The molecule has 1 heterocycles. The fraction of sp³-hybridized carbons (Fsp3) is 0.818. The van der Waals surface area contributed by atoms with Crippen molar-refractivity contribution in [1.29, 1.82) is 0 Å². The van der Waals surface area contributed by atoms with Crippen molar-refractivity contribution in [3.8, 4) is 0 Å². The van der Waals surface area contributed by atoms with E-state index in [1.54, 1.807) is 0 Å². The highest BCUT2D eigenvalue weighted by Crippen LogP contribution is 2.34. The summed E-state index contributed by atoms with van der Waals surface area (Å²) in [5.74, 6) is 1.28. The summed E-state index contributed by atoms with van der Waals surface area (Å²) >= 11 is 0. The van der Waals surface area contributed by atoms with Crippen LogP contribution in [0, 0.1) is 11.8 Å². The fourth-order valence-corrected chi connectivity index (χ4v) is 2.32. The number of hydrogen-bond donors (Lipinski definition) is 0. The Kier molecular flexibility index (Phi) is 2.70. The molecule has 0 unspecified atom stereocenters. The van der Waals surface area contributed by atoms with E-state index in [1.165, 1.54) is 12.0 Å². The van der Waals surface area contributed by atoms with Crippen molar-refractivity contribution < 1.29 is 9.47 Å². The molecule has 0 bridgehead atoms. The number of hydrogen-bond acceptors (Lipinski definition) is 2. The molecule has 1 aliphatic heterocycles. The zero-order chi connectivity index (χ0) is 9.26. The van der Waals surface area contributed by atoms with Gasteiger partial charge in [0.05, 0.1) is 13.2 Å². The summed E-state index contributed by atoms with van der Waals surface area (Å²) in [7, 11) is 0. The first kappa shape index (κ1) is 9.22. The van der Waals surface area contributed by atoms with Gasteiger partial charge < -0.3 is 9.47 Å². The van der Waals surface area contributed by atoms with Crippen molar-refractivity contribution in [2.24, 2.45) is 11.8 Å². The van der Waals surface area contributed by atoms with Crippen molar-refractivity contribution in [2.75, 3.05) is 13.2 Å².